The van der Waals surface area contributed by atoms with Gasteiger partial charge in [0, 0.05) is 18.3 Å². The van der Waals surface area contributed by atoms with Crippen LogP contribution >= 0.6 is 0 Å². The first kappa shape index (κ1) is 9.98. The van der Waals surface area contributed by atoms with E-state index in [1.807, 2.05) is 0 Å². The number of nitrogens with two attached hydrogens (primary N) is 1. The molecule has 0 aliphatic rings. The van der Waals surface area contributed by atoms with Gasteiger partial charge in [-0.1, -0.05) is 6.07 Å². The highest BCUT2D eigenvalue weighted by Gasteiger charge is 2.36. The fraction of sp³-hybridized carbons (Fsp3) is 0.375. The van der Waals surface area contributed by atoms with Crippen molar-refractivity contribution in [3.8, 4) is 0 Å². The van der Waals surface area contributed by atoms with Crippen LogP contribution in [-0.4, -0.2) is 17.2 Å². The maximum absolute atomic E-state index is 12.0. The second-order valence-electron chi connectivity index (χ2n) is 2.67. The Labute approximate surface area is 73.6 Å². The monoisotopic (exact) mass is 190 g/mol. The summed E-state index contributed by atoms with van der Waals surface area (Å²) in [6.45, 7) is 0. The molecule has 0 spiro atoms. The van der Waals surface area contributed by atoms with Gasteiger partial charge in [-0.3, -0.25) is 4.98 Å². The first-order valence-corrected chi connectivity index (χ1v) is 3.72. The second-order valence-corrected chi connectivity index (χ2v) is 2.67. The molecule has 13 heavy (non-hydrogen) atoms. The lowest BCUT2D eigenvalue weighted by Crippen LogP contribution is -2.39. The summed E-state index contributed by atoms with van der Waals surface area (Å²) in [7, 11) is 0. The molecular weight excluding hydrogens is 181 g/mol. The Hall–Kier alpha value is -1.10. The average molecular weight is 190 g/mol. The van der Waals surface area contributed by atoms with Gasteiger partial charge in [0.1, 0.15) is 6.04 Å². The highest BCUT2D eigenvalue weighted by Crippen LogP contribution is 2.20. The molecule has 0 aliphatic heterocycles. The number of hydrogen-bond acceptors (Lipinski definition) is 2. The third-order valence-corrected chi connectivity index (χ3v) is 1.58. The quantitative estimate of drug-likeness (QED) is 0.767. The molecule has 5 heteroatoms. The molecular formula is C8H9F3N2. The molecule has 0 fully saturated rings. The Morgan fingerprint density at radius 2 is 2.08 bits per heavy atom. The lowest BCUT2D eigenvalue weighted by Gasteiger charge is -2.14. The van der Waals surface area contributed by atoms with E-state index in [1.165, 1.54) is 12.3 Å². The number of rotatable bonds is 2. The smallest absolute Gasteiger partial charge is 0.320 e. The van der Waals surface area contributed by atoms with E-state index in [-0.39, 0.29) is 6.42 Å². The molecule has 1 rings (SSSR count). The summed E-state index contributed by atoms with van der Waals surface area (Å²) in [6.07, 6.45) is -3.18. The van der Waals surface area contributed by atoms with E-state index in [4.69, 9.17) is 5.73 Å². The van der Waals surface area contributed by atoms with Crippen LogP contribution in [0, 0.1) is 0 Å². The molecule has 0 unspecified atom stereocenters. The minimum atomic E-state index is -4.35. The van der Waals surface area contributed by atoms with Gasteiger partial charge in [0.25, 0.3) is 0 Å². The van der Waals surface area contributed by atoms with Gasteiger partial charge >= 0.3 is 6.18 Å². The summed E-state index contributed by atoms with van der Waals surface area (Å²) in [6, 6.07) is 2.96. The van der Waals surface area contributed by atoms with Gasteiger partial charge in [-0.25, -0.2) is 0 Å². The van der Waals surface area contributed by atoms with Crippen LogP contribution in [0.5, 0.6) is 0 Å². The predicted octanol–water partition coefficient (Wildman–Crippen LogP) is 1.51. The van der Waals surface area contributed by atoms with Gasteiger partial charge in [-0.2, -0.15) is 13.2 Å². The van der Waals surface area contributed by atoms with Gasteiger partial charge in [0.05, 0.1) is 0 Å². The van der Waals surface area contributed by atoms with E-state index < -0.39 is 12.2 Å². The maximum Gasteiger partial charge on any atom is 0.404 e. The maximum atomic E-state index is 12.0. The largest absolute Gasteiger partial charge is 0.404 e. The molecule has 0 radical (unpaired) electrons. The van der Waals surface area contributed by atoms with Crippen LogP contribution in [0.2, 0.25) is 0 Å². The summed E-state index contributed by atoms with van der Waals surface area (Å²) in [5, 5.41) is 0. The zero-order valence-corrected chi connectivity index (χ0v) is 6.75. The number of pyridine rings is 1. The first-order valence-electron chi connectivity index (χ1n) is 3.72. The summed E-state index contributed by atoms with van der Waals surface area (Å²) in [5.41, 5.74) is 5.27. The van der Waals surface area contributed by atoms with Gasteiger partial charge in [0.2, 0.25) is 0 Å². The SMILES string of the molecule is N[C@H](Cc1ccccn1)C(F)(F)F. The molecule has 0 bridgehead atoms. The molecule has 0 saturated carbocycles. The number of alkyl halides is 3. The van der Waals surface area contributed by atoms with Crippen LogP contribution in [0.1, 0.15) is 5.69 Å². The predicted molar refractivity (Wildman–Crippen MR) is 42.0 cm³/mol. The van der Waals surface area contributed by atoms with Crippen molar-refractivity contribution in [2.45, 2.75) is 18.6 Å². The van der Waals surface area contributed by atoms with Gasteiger partial charge < -0.3 is 5.73 Å². The van der Waals surface area contributed by atoms with E-state index in [0.29, 0.717) is 5.69 Å². The van der Waals surface area contributed by atoms with Crippen LogP contribution < -0.4 is 5.73 Å². The number of aromatic nitrogens is 1. The van der Waals surface area contributed by atoms with Crippen molar-refractivity contribution < 1.29 is 13.2 Å². The van der Waals surface area contributed by atoms with Crippen LogP contribution in [0.15, 0.2) is 24.4 Å². The Balaban J connectivity index is 2.61. The second kappa shape index (κ2) is 3.74. The molecule has 72 valence electrons. The van der Waals surface area contributed by atoms with Crippen LogP contribution in [0.4, 0.5) is 13.2 Å². The standard InChI is InChI=1S/C8H9F3N2/c9-8(10,11)7(12)5-6-3-1-2-4-13-6/h1-4,7H,5,12H2/t7-/m1/s1. The number of hydrogen-bond donors (Lipinski definition) is 1. The third-order valence-electron chi connectivity index (χ3n) is 1.58. The third kappa shape index (κ3) is 3.02. The number of nitrogens with zero attached hydrogens (tertiary/aromatic N) is 1. The highest BCUT2D eigenvalue weighted by atomic mass is 19.4. The lowest BCUT2D eigenvalue weighted by atomic mass is 10.1. The zero-order chi connectivity index (χ0) is 9.90. The van der Waals surface area contributed by atoms with Gasteiger partial charge in [0.15, 0.2) is 0 Å². The lowest BCUT2D eigenvalue weighted by molar-refractivity contribution is -0.147. The molecule has 0 saturated heterocycles. The van der Waals surface area contributed by atoms with Crippen LogP contribution in [0.25, 0.3) is 0 Å². The molecule has 2 N–H and O–H groups in total. The van der Waals surface area contributed by atoms with Crippen molar-refractivity contribution in [2.75, 3.05) is 0 Å². The van der Waals surface area contributed by atoms with Crippen LogP contribution in [-0.2, 0) is 6.42 Å². The van der Waals surface area contributed by atoms with E-state index in [0.717, 1.165) is 0 Å². The van der Waals surface area contributed by atoms with Crippen molar-refractivity contribution in [2.24, 2.45) is 5.73 Å². The highest BCUT2D eigenvalue weighted by molar-refractivity contribution is 5.05. The fourth-order valence-electron chi connectivity index (χ4n) is 0.860. The molecule has 0 aromatic carbocycles. The van der Waals surface area contributed by atoms with Crippen LogP contribution in [0.3, 0.4) is 0 Å². The van der Waals surface area contributed by atoms with Crippen molar-refractivity contribution >= 4 is 0 Å². The topological polar surface area (TPSA) is 38.9 Å². The first-order chi connectivity index (χ1) is 6.00. The average Bonchev–Trinajstić information content (AvgIpc) is 2.04. The Morgan fingerprint density at radius 1 is 1.38 bits per heavy atom. The molecule has 2 nitrogen and oxygen atoms in total. The molecule has 1 atom stereocenters. The summed E-state index contributed by atoms with van der Waals surface area (Å²) in [5.74, 6) is 0. The minimum Gasteiger partial charge on any atom is -0.320 e. The molecule has 1 aromatic heterocycles. The van der Waals surface area contributed by atoms with Crippen molar-refractivity contribution in [3.05, 3.63) is 30.1 Å². The fourth-order valence-corrected chi connectivity index (χ4v) is 0.860. The molecule has 1 heterocycles. The van der Waals surface area contributed by atoms with Crippen molar-refractivity contribution in [1.29, 1.82) is 0 Å². The summed E-state index contributed by atoms with van der Waals surface area (Å²) >= 11 is 0. The molecule has 0 amide bonds. The minimum absolute atomic E-state index is 0.273. The molecule has 1 aromatic rings. The Bertz CT molecular complexity index is 258. The number of halogens is 3. The van der Waals surface area contributed by atoms with E-state index in [1.54, 1.807) is 12.1 Å². The normalized spacial score (nSPS) is 14.2. The summed E-state index contributed by atoms with van der Waals surface area (Å²) < 4.78 is 35.9. The van der Waals surface area contributed by atoms with E-state index >= 15 is 0 Å². The van der Waals surface area contributed by atoms with E-state index in [2.05, 4.69) is 4.98 Å². The van der Waals surface area contributed by atoms with Gasteiger partial charge in [-0.05, 0) is 12.1 Å². The summed E-state index contributed by atoms with van der Waals surface area (Å²) in [4.78, 5) is 3.75. The van der Waals surface area contributed by atoms with E-state index in [9.17, 15) is 13.2 Å². The zero-order valence-electron chi connectivity index (χ0n) is 6.75. The van der Waals surface area contributed by atoms with Gasteiger partial charge in [-0.15, -0.1) is 0 Å². The Kier molecular flexibility index (Phi) is 2.87. The Morgan fingerprint density at radius 3 is 2.54 bits per heavy atom. The van der Waals surface area contributed by atoms with Crippen molar-refractivity contribution in [3.63, 3.8) is 0 Å². The van der Waals surface area contributed by atoms with Crippen molar-refractivity contribution in [1.82, 2.24) is 4.98 Å². The molecule has 0 aliphatic carbocycles.